The Morgan fingerprint density at radius 1 is 1.15 bits per heavy atom. The third-order valence-electron chi connectivity index (χ3n) is 3.99. The standard InChI is InChI=1S/C19H20ClN3O3S/c1-22(11-13-4-6-14(20)7-5-13)12-23-19(27)26-18(21-23)16-9-8-15(24-2)10-17(16)25-3/h4-10H,11-12H2,1-3H3. The summed E-state index contributed by atoms with van der Waals surface area (Å²) in [6, 6.07) is 13.2. The lowest BCUT2D eigenvalue weighted by atomic mass is 10.2. The van der Waals surface area contributed by atoms with Gasteiger partial charge in [-0.05, 0) is 49.1 Å². The fraction of sp³-hybridized carbons (Fsp3) is 0.263. The van der Waals surface area contributed by atoms with Crippen LogP contribution >= 0.6 is 23.8 Å². The minimum absolute atomic E-state index is 0.297. The molecule has 0 N–H and O–H groups in total. The van der Waals surface area contributed by atoms with Gasteiger partial charge in [0.25, 0.3) is 10.7 Å². The molecule has 1 aromatic heterocycles. The number of hydrogen-bond donors (Lipinski definition) is 0. The maximum Gasteiger partial charge on any atom is 0.288 e. The Morgan fingerprint density at radius 2 is 1.89 bits per heavy atom. The van der Waals surface area contributed by atoms with E-state index in [2.05, 4.69) is 10.00 Å². The van der Waals surface area contributed by atoms with Gasteiger partial charge in [-0.1, -0.05) is 23.7 Å². The summed E-state index contributed by atoms with van der Waals surface area (Å²) in [7, 11) is 5.17. The number of benzene rings is 2. The minimum atomic E-state index is 0.297. The van der Waals surface area contributed by atoms with E-state index < -0.39 is 0 Å². The largest absolute Gasteiger partial charge is 0.497 e. The van der Waals surface area contributed by atoms with Gasteiger partial charge in [-0.2, -0.15) is 0 Å². The number of methoxy groups -OCH3 is 2. The predicted molar refractivity (Wildman–Crippen MR) is 107 cm³/mol. The van der Waals surface area contributed by atoms with Gasteiger partial charge in [0.1, 0.15) is 11.5 Å². The third kappa shape index (κ3) is 4.68. The Labute approximate surface area is 167 Å². The van der Waals surface area contributed by atoms with E-state index in [4.69, 9.17) is 37.7 Å². The van der Waals surface area contributed by atoms with Crippen LogP contribution in [-0.4, -0.2) is 35.9 Å². The number of rotatable bonds is 7. The van der Waals surface area contributed by atoms with Crippen LogP contribution in [-0.2, 0) is 13.2 Å². The van der Waals surface area contributed by atoms with Crippen LogP contribution in [0.3, 0.4) is 0 Å². The molecule has 0 saturated carbocycles. The summed E-state index contributed by atoms with van der Waals surface area (Å²) < 4.78 is 18.0. The lowest BCUT2D eigenvalue weighted by Crippen LogP contribution is -2.22. The quantitative estimate of drug-likeness (QED) is 0.534. The summed E-state index contributed by atoms with van der Waals surface area (Å²) >= 11 is 11.3. The molecule has 1 heterocycles. The molecule has 0 fully saturated rings. The van der Waals surface area contributed by atoms with Crippen molar-refractivity contribution in [1.82, 2.24) is 14.7 Å². The van der Waals surface area contributed by atoms with Crippen molar-refractivity contribution in [2.45, 2.75) is 13.2 Å². The van der Waals surface area contributed by atoms with Crippen molar-refractivity contribution in [2.75, 3.05) is 21.3 Å². The molecule has 8 heteroatoms. The van der Waals surface area contributed by atoms with Crippen molar-refractivity contribution in [3.05, 3.63) is 57.9 Å². The highest BCUT2D eigenvalue weighted by Gasteiger charge is 2.15. The first kappa shape index (κ1) is 19.4. The molecule has 0 aliphatic rings. The maximum absolute atomic E-state index is 5.93. The average Bonchev–Trinajstić information content (AvgIpc) is 3.03. The number of aromatic nitrogens is 2. The normalized spacial score (nSPS) is 11.0. The highest BCUT2D eigenvalue weighted by molar-refractivity contribution is 7.71. The van der Waals surface area contributed by atoms with Crippen molar-refractivity contribution in [3.63, 3.8) is 0 Å². The Hall–Kier alpha value is -2.35. The minimum Gasteiger partial charge on any atom is -0.497 e. The number of nitrogens with zero attached hydrogens (tertiary/aromatic N) is 3. The molecule has 0 aliphatic heterocycles. The van der Waals surface area contributed by atoms with Crippen LogP contribution in [0.2, 0.25) is 5.02 Å². The molecule has 0 aliphatic carbocycles. The van der Waals surface area contributed by atoms with E-state index in [0.717, 1.165) is 17.1 Å². The first-order chi connectivity index (χ1) is 13.0. The lowest BCUT2D eigenvalue weighted by Gasteiger charge is -2.16. The molecule has 142 valence electrons. The molecule has 0 atom stereocenters. The molecule has 0 unspecified atom stereocenters. The Kier molecular flexibility index (Phi) is 6.15. The molecule has 6 nitrogen and oxygen atoms in total. The second kappa shape index (κ2) is 8.56. The smallest absolute Gasteiger partial charge is 0.288 e. The SMILES string of the molecule is COc1ccc(-c2nn(CN(C)Cc3ccc(Cl)cc3)c(=S)o2)c(OC)c1. The van der Waals surface area contributed by atoms with Crippen LogP contribution in [0.4, 0.5) is 0 Å². The average molecular weight is 406 g/mol. The van der Waals surface area contributed by atoms with Crippen molar-refractivity contribution in [3.8, 4) is 23.0 Å². The molecule has 3 aromatic rings. The summed E-state index contributed by atoms with van der Waals surface area (Å²) in [6.45, 7) is 1.22. The van der Waals surface area contributed by atoms with Gasteiger partial charge in [-0.3, -0.25) is 4.90 Å². The van der Waals surface area contributed by atoms with Crippen molar-refractivity contribution in [1.29, 1.82) is 0 Å². The molecule has 27 heavy (non-hydrogen) atoms. The van der Waals surface area contributed by atoms with E-state index in [1.54, 1.807) is 25.0 Å². The van der Waals surface area contributed by atoms with Crippen LogP contribution in [0.25, 0.3) is 11.5 Å². The highest BCUT2D eigenvalue weighted by Crippen LogP contribution is 2.32. The zero-order valence-corrected chi connectivity index (χ0v) is 16.9. The first-order valence-corrected chi connectivity index (χ1v) is 9.02. The third-order valence-corrected chi connectivity index (χ3v) is 4.53. The van der Waals surface area contributed by atoms with Crippen LogP contribution < -0.4 is 9.47 Å². The number of ether oxygens (including phenoxy) is 2. The van der Waals surface area contributed by atoms with Crippen LogP contribution in [0.15, 0.2) is 46.9 Å². The van der Waals surface area contributed by atoms with Gasteiger partial charge in [0.2, 0.25) is 0 Å². The van der Waals surface area contributed by atoms with Gasteiger partial charge >= 0.3 is 0 Å². The van der Waals surface area contributed by atoms with Crippen LogP contribution in [0.5, 0.6) is 11.5 Å². The molecular formula is C19H20ClN3O3S. The molecule has 0 saturated heterocycles. The summed E-state index contributed by atoms with van der Waals surface area (Å²) in [5.41, 5.74) is 1.86. The maximum atomic E-state index is 5.93. The molecule has 0 spiro atoms. The highest BCUT2D eigenvalue weighted by atomic mass is 35.5. The zero-order chi connectivity index (χ0) is 19.4. The molecule has 3 rings (SSSR count). The summed E-state index contributed by atoms with van der Waals surface area (Å²) in [5, 5.41) is 5.22. The van der Waals surface area contributed by atoms with E-state index in [0.29, 0.717) is 34.5 Å². The first-order valence-electron chi connectivity index (χ1n) is 8.23. The van der Waals surface area contributed by atoms with Crippen molar-refractivity contribution < 1.29 is 13.9 Å². The lowest BCUT2D eigenvalue weighted by molar-refractivity contribution is 0.240. The summed E-state index contributed by atoms with van der Waals surface area (Å²) in [5.74, 6) is 1.70. The van der Waals surface area contributed by atoms with Gasteiger partial charge in [0.15, 0.2) is 0 Å². The van der Waals surface area contributed by atoms with E-state index in [1.165, 1.54) is 0 Å². The van der Waals surface area contributed by atoms with E-state index in [9.17, 15) is 0 Å². The van der Waals surface area contributed by atoms with E-state index in [1.807, 2.05) is 43.4 Å². The fourth-order valence-electron chi connectivity index (χ4n) is 2.66. The van der Waals surface area contributed by atoms with Crippen molar-refractivity contribution in [2.24, 2.45) is 0 Å². The number of hydrogen-bond acceptors (Lipinski definition) is 6. The van der Waals surface area contributed by atoms with Crippen molar-refractivity contribution >= 4 is 23.8 Å². The zero-order valence-electron chi connectivity index (χ0n) is 15.3. The Balaban J connectivity index is 1.78. The topological polar surface area (TPSA) is 52.7 Å². The Morgan fingerprint density at radius 3 is 2.56 bits per heavy atom. The molecular weight excluding hydrogens is 386 g/mol. The second-order valence-electron chi connectivity index (χ2n) is 6.02. The van der Waals surface area contributed by atoms with Gasteiger partial charge in [0, 0.05) is 17.6 Å². The van der Waals surface area contributed by atoms with E-state index in [-0.39, 0.29) is 0 Å². The van der Waals surface area contributed by atoms with Gasteiger partial charge < -0.3 is 13.9 Å². The van der Waals surface area contributed by atoms with Gasteiger partial charge in [-0.15, -0.1) is 5.10 Å². The van der Waals surface area contributed by atoms with E-state index >= 15 is 0 Å². The molecule has 0 bridgehead atoms. The van der Waals surface area contributed by atoms with Crippen LogP contribution in [0.1, 0.15) is 5.56 Å². The fourth-order valence-corrected chi connectivity index (χ4v) is 2.96. The predicted octanol–water partition coefficient (Wildman–Crippen LogP) is 4.63. The monoisotopic (exact) mass is 405 g/mol. The second-order valence-corrected chi connectivity index (χ2v) is 6.81. The molecule has 0 radical (unpaired) electrons. The van der Waals surface area contributed by atoms with Gasteiger partial charge in [-0.25, -0.2) is 4.68 Å². The van der Waals surface area contributed by atoms with Crippen LogP contribution in [0, 0.1) is 4.84 Å². The summed E-state index contributed by atoms with van der Waals surface area (Å²) in [4.78, 5) is 2.38. The van der Waals surface area contributed by atoms with Gasteiger partial charge in [0.05, 0.1) is 26.5 Å². The number of halogens is 1. The molecule has 0 amide bonds. The Bertz CT molecular complexity index is 969. The molecule has 2 aromatic carbocycles. The summed E-state index contributed by atoms with van der Waals surface area (Å²) in [6.07, 6.45) is 0.